The van der Waals surface area contributed by atoms with Gasteiger partial charge in [-0.15, -0.1) is 0 Å². The van der Waals surface area contributed by atoms with Crippen LogP contribution in [0.3, 0.4) is 0 Å². The molecule has 3 aliphatic heterocycles. The average molecular weight is 354 g/mol. The third-order valence-electron chi connectivity index (χ3n) is 5.88. The number of nitrogens with zero attached hydrogens (tertiary/aromatic N) is 2. The molecule has 2 fully saturated rings. The highest BCUT2D eigenvalue weighted by molar-refractivity contribution is 6.23. The van der Waals surface area contributed by atoms with Crippen LogP contribution in [0.4, 0.5) is 10.5 Å². The van der Waals surface area contributed by atoms with E-state index in [1.807, 2.05) is 38.1 Å². The zero-order valence-electron chi connectivity index (χ0n) is 15.1. The second kappa shape index (κ2) is 5.97. The van der Waals surface area contributed by atoms with Crippen LogP contribution >= 0.6 is 0 Å². The minimum absolute atomic E-state index is 0.163. The molecule has 0 unspecified atom stereocenters. The van der Waals surface area contributed by atoms with Gasteiger partial charge < -0.3 is 4.74 Å². The molecule has 5 atom stereocenters. The summed E-state index contributed by atoms with van der Waals surface area (Å²) in [6.45, 7) is 5.95. The van der Waals surface area contributed by atoms with Crippen molar-refractivity contribution in [3.63, 3.8) is 0 Å². The Morgan fingerprint density at radius 3 is 2.38 bits per heavy atom. The van der Waals surface area contributed by atoms with E-state index in [4.69, 9.17) is 4.74 Å². The summed E-state index contributed by atoms with van der Waals surface area (Å²) in [5.74, 6) is -1.52. The summed E-state index contributed by atoms with van der Waals surface area (Å²) in [6.07, 6.45) is 1.54. The number of carbonyl (C=O) groups excluding carboxylic acids is 3. The first kappa shape index (κ1) is 16.8. The highest BCUT2D eigenvalue weighted by Gasteiger charge is 2.63. The summed E-state index contributed by atoms with van der Waals surface area (Å²) < 4.78 is 5.21. The topological polar surface area (TPSA) is 66.9 Å². The molecule has 6 heteroatoms. The Bertz CT molecular complexity index is 803. The Morgan fingerprint density at radius 2 is 1.73 bits per heavy atom. The fourth-order valence-electron chi connectivity index (χ4n) is 4.91. The molecule has 0 N–H and O–H groups in total. The van der Waals surface area contributed by atoms with E-state index in [2.05, 4.69) is 0 Å². The van der Waals surface area contributed by atoms with Gasteiger partial charge in [-0.05, 0) is 32.9 Å². The van der Waals surface area contributed by atoms with Gasteiger partial charge in [0.1, 0.15) is 0 Å². The van der Waals surface area contributed by atoms with Crippen LogP contribution in [0.2, 0.25) is 0 Å². The van der Waals surface area contributed by atoms with Crippen molar-refractivity contribution in [1.82, 2.24) is 4.90 Å². The SMILES string of the molecule is CCOC(=O)N1[C@H](C)[C@@H]2C(C)=C[C@H]1[C@H]1C(=O)N(c3ccccc3)C(=O)[C@@H]21. The van der Waals surface area contributed by atoms with Crippen molar-refractivity contribution in [3.8, 4) is 0 Å². The molecule has 3 amide bonds. The molecule has 2 bridgehead atoms. The second-order valence-corrected chi connectivity index (χ2v) is 7.17. The van der Waals surface area contributed by atoms with Gasteiger partial charge in [0.05, 0.1) is 30.2 Å². The number of imide groups is 1. The highest BCUT2D eigenvalue weighted by Crippen LogP contribution is 2.51. The molecule has 0 saturated carbocycles. The number of hydrogen-bond donors (Lipinski definition) is 0. The second-order valence-electron chi connectivity index (χ2n) is 7.17. The van der Waals surface area contributed by atoms with Gasteiger partial charge >= 0.3 is 6.09 Å². The summed E-state index contributed by atoms with van der Waals surface area (Å²) in [5.41, 5.74) is 1.66. The summed E-state index contributed by atoms with van der Waals surface area (Å²) in [7, 11) is 0. The predicted octanol–water partition coefficient (Wildman–Crippen LogP) is 2.60. The number of benzene rings is 1. The maximum atomic E-state index is 13.2. The Balaban J connectivity index is 1.76. The first-order valence-electron chi connectivity index (χ1n) is 9.03. The summed E-state index contributed by atoms with van der Waals surface area (Å²) >= 11 is 0. The Labute approximate surface area is 152 Å². The lowest BCUT2D eigenvalue weighted by Gasteiger charge is -2.52. The van der Waals surface area contributed by atoms with Gasteiger partial charge in [-0.2, -0.15) is 0 Å². The zero-order chi connectivity index (χ0) is 18.6. The van der Waals surface area contributed by atoms with Crippen molar-refractivity contribution < 1.29 is 19.1 Å². The van der Waals surface area contributed by atoms with Gasteiger partial charge in [-0.1, -0.05) is 29.8 Å². The first-order chi connectivity index (χ1) is 12.5. The Kier molecular flexibility index (Phi) is 3.86. The van der Waals surface area contributed by atoms with E-state index < -0.39 is 24.0 Å². The van der Waals surface area contributed by atoms with Crippen LogP contribution in [0.15, 0.2) is 42.0 Å². The van der Waals surface area contributed by atoms with Crippen molar-refractivity contribution in [2.45, 2.75) is 32.9 Å². The maximum absolute atomic E-state index is 13.2. The van der Waals surface area contributed by atoms with Crippen LogP contribution in [0, 0.1) is 17.8 Å². The molecule has 1 aliphatic carbocycles. The Morgan fingerprint density at radius 1 is 1.08 bits per heavy atom. The summed E-state index contributed by atoms with van der Waals surface area (Å²) in [6, 6.07) is 8.38. The van der Waals surface area contributed by atoms with E-state index in [1.165, 1.54) is 4.90 Å². The van der Waals surface area contributed by atoms with Gasteiger partial charge in [0.25, 0.3) is 0 Å². The molecule has 26 heavy (non-hydrogen) atoms. The molecular weight excluding hydrogens is 332 g/mol. The van der Waals surface area contributed by atoms with Crippen LogP contribution in [0.1, 0.15) is 20.8 Å². The molecule has 0 radical (unpaired) electrons. The van der Waals surface area contributed by atoms with Crippen LogP contribution in [-0.2, 0) is 14.3 Å². The summed E-state index contributed by atoms with van der Waals surface area (Å²) in [4.78, 5) is 41.8. The molecule has 0 aromatic heterocycles. The van der Waals surface area contributed by atoms with Gasteiger partial charge in [-0.3, -0.25) is 14.5 Å². The molecule has 0 spiro atoms. The molecule has 4 aliphatic rings. The van der Waals surface area contributed by atoms with E-state index in [1.54, 1.807) is 24.0 Å². The molecule has 5 rings (SSSR count). The number of fused-ring (bicyclic) bond motifs is 1. The molecular formula is C20H22N2O4. The van der Waals surface area contributed by atoms with Crippen LogP contribution in [-0.4, -0.2) is 41.5 Å². The monoisotopic (exact) mass is 354 g/mol. The largest absolute Gasteiger partial charge is 0.450 e. The van der Waals surface area contributed by atoms with Gasteiger partial charge in [0, 0.05) is 12.0 Å². The van der Waals surface area contributed by atoms with Gasteiger partial charge in [0.15, 0.2) is 0 Å². The van der Waals surface area contributed by atoms with E-state index in [9.17, 15) is 14.4 Å². The molecule has 6 nitrogen and oxygen atoms in total. The van der Waals surface area contributed by atoms with Gasteiger partial charge in [0.2, 0.25) is 11.8 Å². The average Bonchev–Trinajstić information content (AvgIpc) is 2.88. The lowest BCUT2D eigenvalue weighted by molar-refractivity contribution is -0.128. The number of para-hydroxylation sites is 1. The number of carbonyl (C=O) groups is 3. The van der Waals surface area contributed by atoms with E-state index >= 15 is 0 Å². The zero-order valence-corrected chi connectivity index (χ0v) is 15.1. The van der Waals surface area contributed by atoms with Crippen LogP contribution in [0.25, 0.3) is 0 Å². The van der Waals surface area contributed by atoms with E-state index in [0.717, 1.165) is 5.57 Å². The quantitative estimate of drug-likeness (QED) is 0.605. The van der Waals surface area contributed by atoms with Crippen LogP contribution in [0.5, 0.6) is 0 Å². The van der Waals surface area contributed by atoms with E-state index in [-0.39, 0.29) is 30.4 Å². The lowest BCUT2D eigenvalue weighted by atomic mass is 9.64. The Hall–Kier alpha value is -2.63. The lowest BCUT2D eigenvalue weighted by Crippen LogP contribution is -2.63. The predicted molar refractivity (Wildman–Crippen MR) is 95.3 cm³/mol. The normalized spacial score (nSPS) is 32.6. The minimum Gasteiger partial charge on any atom is -0.450 e. The standard InChI is InChI=1S/C20H22N2O4/c1-4-26-20(25)21-12(3)15-11(2)10-14(21)16-17(15)19(24)22(18(16)23)13-8-6-5-7-9-13/h5-10,12,14-17H,4H2,1-3H3/t12-,14+,15+,16-,17+/m1/s1. The summed E-state index contributed by atoms with van der Waals surface area (Å²) in [5, 5.41) is 0. The highest BCUT2D eigenvalue weighted by atomic mass is 16.6. The number of hydrogen-bond acceptors (Lipinski definition) is 4. The fraction of sp³-hybridized carbons (Fsp3) is 0.450. The number of amides is 3. The third-order valence-corrected chi connectivity index (χ3v) is 5.88. The van der Waals surface area contributed by atoms with Gasteiger partial charge in [-0.25, -0.2) is 9.69 Å². The first-order valence-corrected chi connectivity index (χ1v) is 9.03. The van der Waals surface area contributed by atoms with Crippen LogP contribution < -0.4 is 4.90 Å². The number of anilines is 1. The van der Waals surface area contributed by atoms with Crippen molar-refractivity contribution in [1.29, 1.82) is 0 Å². The minimum atomic E-state index is -0.544. The van der Waals surface area contributed by atoms with E-state index in [0.29, 0.717) is 5.69 Å². The maximum Gasteiger partial charge on any atom is 0.410 e. The molecule has 2 saturated heterocycles. The van der Waals surface area contributed by atoms with Crippen molar-refractivity contribution in [3.05, 3.63) is 42.0 Å². The smallest absolute Gasteiger partial charge is 0.410 e. The molecule has 1 aromatic carbocycles. The van der Waals surface area contributed by atoms with Crippen molar-refractivity contribution in [2.75, 3.05) is 11.5 Å². The van der Waals surface area contributed by atoms with Crippen molar-refractivity contribution >= 4 is 23.6 Å². The number of piperidine rings is 1. The fourth-order valence-corrected chi connectivity index (χ4v) is 4.91. The number of rotatable bonds is 2. The molecule has 1 aromatic rings. The molecule has 3 heterocycles. The van der Waals surface area contributed by atoms with Crippen molar-refractivity contribution in [2.24, 2.45) is 17.8 Å². The molecule has 136 valence electrons. The number of ether oxygens (including phenoxy) is 1. The third kappa shape index (κ3) is 2.14.